The topological polar surface area (TPSA) is 85.8 Å². The number of aryl methyl sites for hydroxylation is 1. The lowest BCUT2D eigenvalue weighted by atomic mass is 10.1. The number of esters is 1. The number of aromatic nitrogens is 1. The third-order valence-electron chi connectivity index (χ3n) is 5.29. The van der Waals surface area contributed by atoms with E-state index in [0.717, 1.165) is 16.8 Å². The Balaban J connectivity index is 1.55. The molecule has 8 heteroatoms. The van der Waals surface area contributed by atoms with Gasteiger partial charge in [-0.3, -0.25) is 19.3 Å². The predicted molar refractivity (Wildman–Crippen MR) is 132 cm³/mol. The largest absolute Gasteiger partial charge is 0.494 e. The van der Waals surface area contributed by atoms with Gasteiger partial charge in [0.15, 0.2) is 10.9 Å². The Morgan fingerprint density at radius 3 is 2.44 bits per heavy atom. The van der Waals surface area contributed by atoms with Crippen LogP contribution in [0.25, 0.3) is 0 Å². The molecule has 0 spiro atoms. The van der Waals surface area contributed by atoms with E-state index in [2.05, 4.69) is 4.98 Å². The van der Waals surface area contributed by atoms with E-state index < -0.39 is 5.97 Å². The van der Waals surface area contributed by atoms with Crippen molar-refractivity contribution in [3.63, 3.8) is 0 Å². The van der Waals surface area contributed by atoms with Crippen molar-refractivity contribution in [3.05, 3.63) is 70.2 Å². The summed E-state index contributed by atoms with van der Waals surface area (Å²) in [5.74, 6) is -0.0743. The number of amides is 1. The summed E-state index contributed by atoms with van der Waals surface area (Å²) < 4.78 is 10.7. The number of anilines is 2. The molecule has 0 radical (unpaired) electrons. The number of rotatable bonds is 10. The minimum absolute atomic E-state index is 0.0227. The van der Waals surface area contributed by atoms with Gasteiger partial charge >= 0.3 is 5.97 Å². The molecule has 0 fully saturated rings. The predicted octanol–water partition coefficient (Wildman–Crippen LogP) is 5.55. The SMILES string of the molecule is CCOc1ccc(C(=O)CCC(=O)OCc2csc(N(C(C)=O)c3cccc(C)c3C)n2)cc1. The zero-order chi connectivity index (χ0) is 24.7. The summed E-state index contributed by atoms with van der Waals surface area (Å²) in [6, 6.07) is 12.6. The van der Waals surface area contributed by atoms with Gasteiger partial charge in [0.1, 0.15) is 12.4 Å². The van der Waals surface area contributed by atoms with Gasteiger partial charge < -0.3 is 9.47 Å². The van der Waals surface area contributed by atoms with Crippen molar-refractivity contribution >= 4 is 39.8 Å². The maximum Gasteiger partial charge on any atom is 0.306 e. The zero-order valence-electron chi connectivity index (χ0n) is 19.8. The maximum atomic E-state index is 12.4. The number of benzene rings is 2. The number of ketones is 1. The number of carbonyl (C=O) groups is 3. The Morgan fingerprint density at radius 1 is 1.03 bits per heavy atom. The smallest absolute Gasteiger partial charge is 0.306 e. The van der Waals surface area contributed by atoms with Crippen LogP contribution in [0.4, 0.5) is 10.8 Å². The molecule has 0 aliphatic carbocycles. The molecule has 0 aliphatic rings. The van der Waals surface area contributed by atoms with Gasteiger partial charge in [-0.05, 0) is 62.2 Å². The number of ether oxygens (including phenoxy) is 2. The lowest BCUT2D eigenvalue weighted by molar-refractivity contribution is -0.145. The molecule has 0 saturated heterocycles. The minimum atomic E-state index is -0.480. The van der Waals surface area contributed by atoms with Gasteiger partial charge in [-0.25, -0.2) is 4.98 Å². The first-order valence-corrected chi connectivity index (χ1v) is 11.9. The van der Waals surface area contributed by atoms with Crippen LogP contribution >= 0.6 is 11.3 Å². The van der Waals surface area contributed by atoms with Gasteiger partial charge in [0.2, 0.25) is 5.91 Å². The molecule has 0 bridgehead atoms. The van der Waals surface area contributed by atoms with Gasteiger partial charge in [0.05, 0.1) is 24.4 Å². The molecule has 1 heterocycles. The number of hydrogen-bond donors (Lipinski definition) is 0. The fourth-order valence-electron chi connectivity index (χ4n) is 3.34. The molecule has 0 N–H and O–H groups in total. The first-order chi connectivity index (χ1) is 16.3. The lowest BCUT2D eigenvalue weighted by Gasteiger charge is -2.21. The molecule has 0 saturated carbocycles. The Kier molecular flexibility index (Phi) is 8.54. The molecular weight excluding hydrogens is 452 g/mol. The van der Waals surface area contributed by atoms with Gasteiger partial charge in [-0.1, -0.05) is 12.1 Å². The number of carbonyl (C=O) groups excluding carboxylic acids is 3. The second-order valence-electron chi connectivity index (χ2n) is 7.74. The molecule has 1 amide bonds. The van der Waals surface area contributed by atoms with Crippen molar-refractivity contribution in [2.45, 2.75) is 47.1 Å². The highest BCUT2D eigenvalue weighted by atomic mass is 32.1. The molecule has 0 unspecified atom stereocenters. The molecule has 2 aromatic carbocycles. The molecule has 3 aromatic rings. The van der Waals surface area contributed by atoms with E-state index in [1.165, 1.54) is 18.3 Å². The van der Waals surface area contributed by atoms with Crippen LogP contribution in [0.3, 0.4) is 0 Å². The second kappa shape index (κ2) is 11.6. The number of Topliss-reactive ketones (excluding diaryl/α,β-unsaturated/α-hetero) is 1. The Hall–Kier alpha value is -3.52. The highest BCUT2D eigenvalue weighted by Crippen LogP contribution is 2.32. The average Bonchev–Trinajstić information content (AvgIpc) is 3.28. The van der Waals surface area contributed by atoms with Gasteiger partial charge in [-0.15, -0.1) is 11.3 Å². The van der Waals surface area contributed by atoms with Crippen molar-refractivity contribution < 1.29 is 23.9 Å². The van der Waals surface area contributed by atoms with E-state index in [1.54, 1.807) is 34.5 Å². The fraction of sp³-hybridized carbons (Fsp3) is 0.308. The molecule has 0 atom stereocenters. The summed E-state index contributed by atoms with van der Waals surface area (Å²) in [6.07, 6.45) is 0.0327. The van der Waals surface area contributed by atoms with Crippen molar-refractivity contribution in [3.8, 4) is 5.75 Å². The molecule has 0 aliphatic heterocycles. The lowest BCUT2D eigenvalue weighted by Crippen LogP contribution is -2.23. The normalized spacial score (nSPS) is 10.6. The summed E-state index contributed by atoms with van der Waals surface area (Å²) in [7, 11) is 0. The van der Waals surface area contributed by atoms with Crippen LogP contribution in [0.15, 0.2) is 47.8 Å². The van der Waals surface area contributed by atoms with E-state index in [9.17, 15) is 14.4 Å². The van der Waals surface area contributed by atoms with Crippen LogP contribution in [0.2, 0.25) is 0 Å². The van der Waals surface area contributed by atoms with Crippen molar-refractivity contribution in [2.24, 2.45) is 0 Å². The van der Waals surface area contributed by atoms with Crippen LogP contribution in [0.5, 0.6) is 5.75 Å². The third-order valence-corrected chi connectivity index (χ3v) is 6.16. The van der Waals surface area contributed by atoms with Gasteiger partial charge in [-0.2, -0.15) is 0 Å². The summed E-state index contributed by atoms with van der Waals surface area (Å²) in [6.45, 7) is 7.87. The van der Waals surface area contributed by atoms with E-state index in [0.29, 0.717) is 28.7 Å². The third kappa shape index (κ3) is 6.29. The van der Waals surface area contributed by atoms with E-state index in [-0.39, 0.29) is 31.1 Å². The zero-order valence-corrected chi connectivity index (χ0v) is 20.6. The van der Waals surface area contributed by atoms with E-state index in [4.69, 9.17) is 9.47 Å². The quantitative estimate of drug-likeness (QED) is 0.279. The first-order valence-electron chi connectivity index (χ1n) is 11.0. The summed E-state index contributed by atoms with van der Waals surface area (Å²) in [4.78, 5) is 42.9. The van der Waals surface area contributed by atoms with Gasteiger partial charge in [0.25, 0.3) is 0 Å². The Labute approximate surface area is 203 Å². The number of hydrogen-bond acceptors (Lipinski definition) is 7. The number of nitrogens with zero attached hydrogens (tertiary/aromatic N) is 2. The summed E-state index contributed by atoms with van der Waals surface area (Å²) >= 11 is 1.31. The highest BCUT2D eigenvalue weighted by molar-refractivity contribution is 7.14. The standard InChI is InChI=1S/C26H28N2O5S/c1-5-32-22-11-9-20(10-12-22)24(30)13-14-25(31)33-15-21-16-34-26(27-21)28(19(4)29)23-8-6-7-17(2)18(23)3/h6-12,16H,5,13-15H2,1-4H3. The maximum absolute atomic E-state index is 12.4. The van der Waals surface area contributed by atoms with Crippen LogP contribution in [0.1, 0.15) is 53.9 Å². The molecule has 178 valence electrons. The monoisotopic (exact) mass is 480 g/mol. The molecule has 7 nitrogen and oxygen atoms in total. The van der Waals surface area contributed by atoms with Crippen molar-refractivity contribution in [1.82, 2.24) is 4.98 Å². The summed E-state index contributed by atoms with van der Waals surface area (Å²) in [5.41, 5.74) is 3.92. The van der Waals surface area contributed by atoms with Crippen LogP contribution < -0.4 is 9.64 Å². The Morgan fingerprint density at radius 2 is 1.76 bits per heavy atom. The average molecular weight is 481 g/mol. The van der Waals surface area contributed by atoms with Crippen molar-refractivity contribution in [1.29, 1.82) is 0 Å². The van der Waals surface area contributed by atoms with Crippen LogP contribution in [0, 0.1) is 13.8 Å². The number of thiazole rings is 1. The van der Waals surface area contributed by atoms with Gasteiger partial charge in [0, 0.05) is 24.3 Å². The van der Waals surface area contributed by atoms with E-state index in [1.807, 2.05) is 39.0 Å². The molecule has 34 heavy (non-hydrogen) atoms. The van der Waals surface area contributed by atoms with Crippen molar-refractivity contribution in [2.75, 3.05) is 11.5 Å². The molecular formula is C26H28N2O5S. The van der Waals surface area contributed by atoms with E-state index >= 15 is 0 Å². The Bertz CT molecular complexity index is 1170. The highest BCUT2D eigenvalue weighted by Gasteiger charge is 2.20. The fourth-order valence-corrected chi connectivity index (χ4v) is 4.21. The summed E-state index contributed by atoms with van der Waals surface area (Å²) in [5, 5.41) is 2.27. The van der Waals surface area contributed by atoms with Crippen LogP contribution in [-0.4, -0.2) is 29.3 Å². The first kappa shape index (κ1) is 25.1. The van der Waals surface area contributed by atoms with Crippen LogP contribution in [-0.2, 0) is 20.9 Å². The molecule has 1 aromatic heterocycles. The minimum Gasteiger partial charge on any atom is -0.494 e. The second-order valence-corrected chi connectivity index (χ2v) is 8.57. The molecule has 3 rings (SSSR count).